The van der Waals surface area contributed by atoms with Gasteiger partial charge in [-0.1, -0.05) is 16.8 Å². The van der Waals surface area contributed by atoms with Crippen LogP contribution in [0.15, 0.2) is 53.4 Å². The van der Waals surface area contributed by atoms with Crippen molar-refractivity contribution in [3.8, 4) is 17.3 Å². The summed E-state index contributed by atoms with van der Waals surface area (Å²) in [5, 5.41) is 12.3. The average molecular weight is 449 g/mol. The van der Waals surface area contributed by atoms with E-state index in [1.807, 2.05) is 25.1 Å². The van der Waals surface area contributed by atoms with E-state index in [-0.39, 0.29) is 18.2 Å². The first-order chi connectivity index (χ1) is 16.1. The van der Waals surface area contributed by atoms with Crippen LogP contribution in [-0.2, 0) is 11.2 Å². The van der Waals surface area contributed by atoms with Gasteiger partial charge in [-0.25, -0.2) is 9.37 Å². The highest BCUT2D eigenvalue weighted by atomic mass is 19.1. The summed E-state index contributed by atoms with van der Waals surface area (Å²) in [5.41, 5.74) is 2.37. The van der Waals surface area contributed by atoms with Gasteiger partial charge >= 0.3 is 0 Å². The molecule has 0 bridgehead atoms. The predicted octanol–water partition coefficient (Wildman–Crippen LogP) is 2.59. The molecule has 1 atom stereocenters. The van der Waals surface area contributed by atoms with Crippen LogP contribution in [-0.4, -0.2) is 60.3 Å². The van der Waals surface area contributed by atoms with Gasteiger partial charge in [-0.2, -0.15) is 20.0 Å². The van der Waals surface area contributed by atoms with Gasteiger partial charge in [0, 0.05) is 6.54 Å². The molecule has 1 amide bonds. The minimum absolute atomic E-state index is 0.171. The summed E-state index contributed by atoms with van der Waals surface area (Å²) in [5.74, 6) is -0.118. The first-order valence-electron chi connectivity index (χ1n) is 10.4. The minimum atomic E-state index is -0.572. The summed E-state index contributed by atoms with van der Waals surface area (Å²) in [6.45, 7) is 2.96. The van der Waals surface area contributed by atoms with E-state index in [0.717, 1.165) is 11.8 Å². The van der Waals surface area contributed by atoms with Crippen molar-refractivity contribution in [3.63, 3.8) is 0 Å². The molecule has 1 aliphatic heterocycles. The van der Waals surface area contributed by atoms with Gasteiger partial charge in [0.05, 0.1) is 42.9 Å². The van der Waals surface area contributed by atoms with Gasteiger partial charge in [-0.3, -0.25) is 4.79 Å². The lowest BCUT2D eigenvalue weighted by atomic mass is 10.1. The van der Waals surface area contributed by atoms with Crippen LogP contribution in [0.5, 0.6) is 0 Å². The fourth-order valence-corrected chi connectivity index (χ4v) is 3.68. The van der Waals surface area contributed by atoms with E-state index in [2.05, 4.69) is 25.3 Å². The average Bonchev–Trinajstić information content (AvgIpc) is 3.52. The molecule has 1 fully saturated rings. The number of benzene rings is 1. The lowest BCUT2D eigenvalue weighted by Crippen LogP contribution is -2.48. The van der Waals surface area contributed by atoms with Crippen LogP contribution < -0.4 is 0 Å². The zero-order valence-electron chi connectivity index (χ0n) is 17.8. The molecule has 11 heteroatoms. The summed E-state index contributed by atoms with van der Waals surface area (Å²) in [6, 6.07) is 8.28. The summed E-state index contributed by atoms with van der Waals surface area (Å²) in [7, 11) is 0. The molecule has 33 heavy (non-hydrogen) atoms. The largest absolute Gasteiger partial charge is 0.358 e. The Bertz CT molecular complexity index is 1260. The maximum absolute atomic E-state index is 13.6. The normalized spacial score (nSPS) is 16.2. The Balaban J connectivity index is 1.39. The van der Waals surface area contributed by atoms with E-state index in [1.165, 1.54) is 16.9 Å². The second kappa shape index (κ2) is 8.87. The first kappa shape index (κ1) is 20.9. The van der Waals surface area contributed by atoms with Crippen molar-refractivity contribution in [3.05, 3.63) is 71.7 Å². The summed E-state index contributed by atoms with van der Waals surface area (Å²) < 4.78 is 24.3. The number of hydrogen-bond donors (Lipinski definition) is 0. The van der Waals surface area contributed by atoms with Gasteiger partial charge in [0.25, 0.3) is 11.8 Å². The van der Waals surface area contributed by atoms with Gasteiger partial charge in [-0.15, -0.1) is 0 Å². The minimum Gasteiger partial charge on any atom is -0.358 e. The number of amides is 1. The molecule has 10 nitrogen and oxygen atoms in total. The maximum Gasteiger partial charge on any atom is 0.276 e. The molecule has 3 aromatic heterocycles. The van der Waals surface area contributed by atoms with Crippen LogP contribution in [0.4, 0.5) is 4.39 Å². The third-order valence-corrected chi connectivity index (χ3v) is 5.25. The van der Waals surface area contributed by atoms with E-state index in [4.69, 9.17) is 9.26 Å². The number of nitrogens with zero attached hydrogens (tertiary/aromatic N) is 7. The Labute approximate surface area is 188 Å². The second-order valence-electron chi connectivity index (χ2n) is 7.60. The summed E-state index contributed by atoms with van der Waals surface area (Å²) in [4.78, 5) is 25.0. The molecule has 1 aromatic carbocycles. The van der Waals surface area contributed by atoms with Crippen molar-refractivity contribution >= 4 is 5.91 Å². The molecule has 0 N–H and O–H groups in total. The maximum atomic E-state index is 13.6. The van der Waals surface area contributed by atoms with Crippen LogP contribution in [0, 0.1) is 12.7 Å². The third kappa shape index (κ3) is 4.35. The zero-order chi connectivity index (χ0) is 22.8. The second-order valence-corrected chi connectivity index (χ2v) is 7.60. The highest BCUT2D eigenvalue weighted by molar-refractivity contribution is 5.98. The Morgan fingerprint density at radius 2 is 2.06 bits per heavy atom. The number of carbonyl (C=O) groups excluding carboxylic acids is 1. The highest BCUT2D eigenvalue weighted by Gasteiger charge is 2.31. The molecule has 1 aliphatic rings. The fourth-order valence-electron chi connectivity index (χ4n) is 3.68. The molecular formula is C22H20FN7O3. The van der Waals surface area contributed by atoms with Gasteiger partial charge in [0.1, 0.15) is 17.7 Å². The Hall–Kier alpha value is -3.99. The number of pyridine rings is 1. The lowest BCUT2D eigenvalue weighted by molar-refractivity contribution is -0.0771. The van der Waals surface area contributed by atoms with Gasteiger partial charge in [0.2, 0.25) is 0 Å². The van der Waals surface area contributed by atoms with Gasteiger partial charge < -0.3 is 14.2 Å². The van der Waals surface area contributed by atoms with Gasteiger partial charge in [0.15, 0.2) is 5.82 Å². The number of aromatic nitrogens is 6. The van der Waals surface area contributed by atoms with Crippen LogP contribution in [0.3, 0.4) is 0 Å². The molecule has 5 rings (SSSR count). The number of rotatable bonds is 5. The number of ether oxygens (including phenoxy) is 1. The monoisotopic (exact) mass is 449 g/mol. The molecule has 0 saturated carbocycles. The van der Waals surface area contributed by atoms with Crippen molar-refractivity contribution < 1.29 is 18.4 Å². The number of halogens is 1. The lowest BCUT2D eigenvalue weighted by Gasteiger charge is -2.35. The van der Waals surface area contributed by atoms with E-state index >= 15 is 0 Å². The van der Waals surface area contributed by atoms with Gasteiger partial charge in [-0.05, 0) is 37.6 Å². The van der Waals surface area contributed by atoms with E-state index in [0.29, 0.717) is 42.3 Å². The van der Waals surface area contributed by atoms with Crippen molar-refractivity contribution in [1.29, 1.82) is 0 Å². The van der Waals surface area contributed by atoms with E-state index in [9.17, 15) is 9.18 Å². The van der Waals surface area contributed by atoms with Crippen molar-refractivity contribution in [1.82, 2.24) is 35.0 Å². The molecule has 0 spiro atoms. The van der Waals surface area contributed by atoms with Crippen LogP contribution in [0.25, 0.3) is 17.3 Å². The molecule has 0 radical (unpaired) electrons. The number of carbonyl (C=O) groups is 1. The summed E-state index contributed by atoms with van der Waals surface area (Å²) >= 11 is 0. The molecule has 0 unspecified atom stereocenters. The smallest absolute Gasteiger partial charge is 0.276 e. The summed E-state index contributed by atoms with van der Waals surface area (Å²) in [6.07, 6.45) is 4.57. The standard InChI is InChI=1S/C22H20FN7O3/c1-14-3-6-18(30-25-7-8-26-30)16(11-14)22(31)29-9-2-10-32-20(29)12-19-27-21(33-28-19)17-5-4-15(23)13-24-17/h3-8,11,13,20H,2,9-10,12H2,1H3/t20-/m0/s1. The Morgan fingerprint density at radius 1 is 1.21 bits per heavy atom. The van der Waals surface area contributed by atoms with Crippen LogP contribution >= 0.6 is 0 Å². The predicted molar refractivity (Wildman–Crippen MR) is 113 cm³/mol. The van der Waals surface area contributed by atoms with Crippen LogP contribution in [0.1, 0.15) is 28.2 Å². The number of aryl methyl sites for hydroxylation is 1. The SMILES string of the molecule is Cc1ccc(-n2nccn2)c(C(=O)N2CCCO[C@H]2Cc2noc(-c3ccc(F)cn3)n2)c1. The van der Waals surface area contributed by atoms with E-state index < -0.39 is 12.0 Å². The first-order valence-corrected chi connectivity index (χ1v) is 10.4. The Kier molecular flexibility index (Phi) is 5.61. The zero-order valence-corrected chi connectivity index (χ0v) is 17.8. The quantitative estimate of drug-likeness (QED) is 0.457. The van der Waals surface area contributed by atoms with Crippen molar-refractivity contribution in [2.75, 3.05) is 13.2 Å². The molecule has 4 heterocycles. The Morgan fingerprint density at radius 3 is 2.85 bits per heavy atom. The van der Waals surface area contributed by atoms with Crippen LogP contribution in [0.2, 0.25) is 0 Å². The molecule has 0 aliphatic carbocycles. The topological polar surface area (TPSA) is 112 Å². The molecular weight excluding hydrogens is 429 g/mol. The fraction of sp³-hybridized carbons (Fsp3) is 0.273. The van der Waals surface area contributed by atoms with Crippen molar-refractivity contribution in [2.24, 2.45) is 0 Å². The molecule has 168 valence electrons. The number of hydrogen-bond acceptors (Lipinski definition) is 8. The third-order valence-electron chi connectivity index (χ3n) is 5.25. The van der Waals surface area contributed by atoms with E-state index in [1.54, 1.807) is 17.3 Å². The molecule has 1 saturated heterocycles. The van der Waals surface area contributed by atoms with Crippen molar-refractivity contribution in [2.45, 2.75) is 26.0 Å². The highest BCUT2D eigenvalue weighted by Crippen LogP contribution is 2.23. The molecule has 4 aromatic rings.